The Kier molecular flexibility index (Phi) is 1.71. The van der Waals surface area contributed by atoms with Crippen molar-refractivity contribution in [1.29, 1.82) is 0 Å². The van der Waals surface area contributed by atoms with Gasteiger partial charge < -0.3 is 4.90 Å². The number of rotatable bonds is 0. The summed E-state index contributed by atoms with van der Waals surface area (Å²) in [6.45, 7) is 0. The van der Waals surface area contributed by atoms with Crippen molar-refractivity contribution < 1.29 is 4.79 Å². The van der Waals surface area contributed by atoms with Crippen molar-refractivity contribution in [2.24, 2.45) is 0 Å². The Morgan fingerprint density at radius 1 is 1.60 bits per heavy atom. The minimum Gasteiger partial charge on any atom is -0.329 e. The van der Waals surface area contributed by atoms with Crippen molar-refractivity contribution in [3.05, 3.63) is 18.5 Å². The van der Waals surface area contributed by atoms with Gasteiger partial charge in [0.05, 0.1) is 0 Å². The molecule has 0 aliphatic rings. The van der Waals surface area contributed by atoms with Gasteiger partial charge in [-0.2, -0.15) is 9.78 Å². The zero-order valence-corrected chi connectivity index (χ0v) is 5.98. The molecular weight excluding hydrogens is 130 g/mol. The van der Waals surface area contributed by atoms with Crippen LogP contribution in [0.5, 0.6) is 0 Å². The first-order chi connectivity index (χ1) is 4.72. The van der Waals surface area contributed by atoms with E-state index in [-0.39, 0.29) is 6.03 Å². The van der Waals surface area contributed by atoms with E-state index in [1.54, 1.807) is 32.6 Å². The molecule has 0 atom stereocenters. The van der Waals surface area contributed by atoms with Crippen molar-refractivity contribution in [3.8, 4) is 0 Å². The molecule has 0 fully saturated rings. The summed E-state index contributed by atoms with van der Waals surface area (Å²) in [5.41, 5.74) is 0. The molecule has 0 aliphatic heterocycles. The highest BCUT2D eigenvalue weighted by atomic mass is 16.2. The van der Waals surface area contributed by atoms with Crippen LogP contribution in [0, 0.1) is 0 Å². The molecule has 0 aliphatic carbocycles. The molecule has 54 valence electrons. The van der Waals surface area contributed by atoms with Crippen molar-refractivity contribution in [1.82, 2.24) is 14.7 Å². The second kappa shape index (κ2) is 2.51. The fourth-order valence-electron chi connectivity index (χ4n) is 0.587. The Labute approximate surface area is 59.1 Å². The van der Waals surface area contributed by atoms with Gasteiger partial charge in [-0.3, -0.25) is 0 Å². The van der Waals surface area contributed by atoms with Gasteiger partial charge in [0, 0.05) is 26.5 Å². The lowest BCUT2D eigenvalue weighted by Crippen LogP contribution is -2.27. The van der Waals surface area contributed by atoms with E-state index >= 15 is 0 Å². The van der Waals surface area contributed by atoms with E-state index in [1.807, 2.05) is 0 Å². The lowest BCUT2D eigenvalue weighted by atomic mass is 10.7. The smallest absolute Gasteiger partial charge is 0.329 e. The van der Waals surface area contributed by atoms with Gasteiger partial charge >= 0.3 is 6.03 Å². The summed E-state index contributed by atoms with van der Waals surface area (Å²) < 4.78 is 1.28. The largest absolute Gasteiger partial charge is 0.344 e. The molecule has 10 heavy (non-hydrogen) atoms. The quantitative estimate of drug-likeness (QED) is 0.522. The lowest BCUT2D eigenvalue weighted by Gasteiger charge is -2.08. The van der Waals surface area contributed by atoms with Crippen molar-refractivity contribution >= 4 is 6.03 Å². The Bertz CT molecular complexity index is 215. The third-order valence-electron chi connectivity index (χ3n) is 1.08. The zero-order chi connectivity index (χ0) is 7.56. The van der Waals surface area contributed by atoms with Crippen LogP contribution in [-0.2, 0) is 0 Å². The molecule has 0 N–H and O–H groups in total. The van der Waals surface area contributed by atoms with Gasteiger partial charge in [0.25, 0.3) is 0 Å². The molecule has 1 aromatic rings. The number of nitrogens with zero attached hydrogens (tertiary/aromatic N) is 3. The van der Waals surface area contributed by atoms with Gasteiger partial charge in [0.2, 0.25) is 0 Å². The third-order valence-corrected chi connectivity index (χ3v) is 1.08. The number of aromatic nitrogens is 2. The average molecular weight is 139 g/mol. The van der Waals surface area contributed by atoms with Crippen LogP contribution in [0.3, 0.4) is 0 Å². The highest BCUT2D eigenvalue weighted by Gasteiger charge is 2.04. The fraction of sp³-hybridized carbons (Fsp3) is 0.333. The monoisotopic (exact) mass is 139 g/mol. The summed E-state index contributed by atoms with van der Waals surface area (Å²) in [7, 11) is 3.37. The Hall–Kier alpha value is -1.32. The number of hydrogen-bond donors (Lipinski definition) is 0. The molecule has 0 bridgehead atoms. The Morgan fingerprint density at radius 3 is 2.70 bits per heavy atom. The van der Waals surface area contributed by atoms with Crippen LogP contribution in [0.25, 0.3) is 0 Å². The van der Waals surface area contributed by atoms with E-state index in [0.29, 0.717) is 0 Å². The van der Waals surface area contributed by atoms with Gasteiger partial charge in [-0.15, -0.1) is 0 Å². The number of carbonyl (C=O) groups excluding carboxylic acids is 1. The van der Waals surface area contributed by atoms with Crippen LogP contribution >= 0.6 is 0 Å². The summed E-state index contributed by atoms with van der Waals surface area (Å²) in [4.78, 5) is 12.5. The summed E-state index contributed by atoms with van der Waals surface area (Å²) in [5, 5.41) is 3.76. The molecule has 1 rings (SSSR count). The second-order valence-corrected chi connectivity index (χ2v) is 2.13. The molecule has 0 saturated carbocycles. The van der Waals surface area contributed by atoms with Crippen LogP contribution in [0.1, 0.15) is 0 Å². The van der Waals surface area contributed by atoms with E-state index < -0.39 is 0 Å². The molecule has 0 radical (unpaired) electrons. The first-order valence-corrected chi connectivity index (χ1v) is 2.93. The van der Waals surface area contributed by atoms with Crippen LogP contribution in [-0.4, -0.2) is 34.8 Å². The summed E-state index contributed by atoms with van der Waals surface area (Å²) in [6.07, 6.45) is 3.18. The highest BCUT2D eigenvalue weighted by molar-refractivity contribution is 5.75. The van der Waals surface area contributed by atoms with Crippen LogP contribution in [0.4, 0.5) is 4.79 Å². The van der Waals surface area contributed by atoms with Crippen LogP contribution < -0.4 is 0 Å². The first-order valence-electron chi connectivity index (χ1n) is 2.93. The van der Waals surface area contributed by atoms with E-state index in [4.69, 9.17) is 0 Å². The highest BCUT2D eigenvalue weighted by Crippen LogP contribution is 1.87. The summed E-state index contributed by atoms with van der Waals surface area (Å²) in [6, 6.07) is 1.58. The summed E-state index contributed by atoms with van der Waals surface area (Å²) in [5.74, 6) is 0. The van der Waals surface area contributed by atoms with Crippen LogP contribution in [0.2, 0.25) is 0 Å². The minimum atomic E-state index is -0.134. The van der Waals surface area contributed by atoms with E-state index in [0.717, 1.165) is 0 Å². The molecule has 0 aromatic carbocycles. The minimum absolute atomic E-state index is 0.134. The SMILES string of the molecule is CN(C)C(=O)n1cccn1. The normalized spacial score (nSPS) is 9.40. The predicted molar refractivity (Wildman–Crippen MR) is 36.7 cm³/mol. The predicted octanol–water partition coefficient (Wildman–Crippen LogP) is 0.413. The Morgan fingerprint density at radius 2 is 2.30 bits per heavy atom. The molecular formula is C6H9N3O. The maximum atomic E-state index is 11.0. The topological polar surface area (TPSA) is 38.1 Å². The Balaban J connectivity index is 2.78. The molecule has 1 heterocycles. The van der Waals surface area contributed by atoms with Crippen molar-refractivity contribution in [3.63, 3.8) is 0 Å². The lowest BCUT2D eigenvalue weighted by molar-refractivity contribution is 0.216. The van der Waals surface area contributed by atoms with Gasteiger partial charge in [-0.25, -0.2) is 4.79 Å². The number of hydrogen-bond acceptors (Lipinski definition) is 2. The van der Waals surface area contributed by atoms with Crippen molar-refractivity contribution in [2.45, 2.75) is 0 Å². The second-order valence-electron chi connectivity index (χ2n) is 2.13. The van der Waals surface area contributed by atoms with Gasteiger partial charge in [0.15, 0.2) is 0 Å². The van der Waals surface area contributed by atoms with Gasteiger partial charge in [-0.05, 0) is 6.07 Å². The van der Waals surface area contributed by atoms with E-state index in [2.05, 4.69) is 5.10 Å². The van der Waals surface area contributed by atoms with Crippen molar-refractivity contribution in [2.75, 3.05) is 14.1 Å². The standard InChI is InChI=1S/C6H9N3O/c1-8(2)6(10)9-5-3-4-7-9/h3-5H,1-2H3. The number of amides is 1. The zero-order valence-electron chi connectivity index (χ0n) is 5.98. The van der Waals surface area contributed by atoms with Gasteiger partial charge in [0.1, 0.15) is 0 Å². The molecule has 1 aromatic heterocycles. The number of carbonyl (C=O) groups is 1. The third kappa shape index (κ3) is 1.15. The van der Waals surface area contributed by atoms with E-state index in [1.165, 1.54) is 9.58 Å². The molecule has 4 nitrogen and oxygen atoms in total. The molecule has 1 amide bonds. The van der Waals surface area contributed by atoms with Crippen LogP contribution in [0.15, 0.2) is 18.5 Å². The molecule has 0 saturated heterocycles. The fourth-order valence-corrected chi connectivity index (χ4v) is 0.587. The maximum absolute atomic E-state index is 11.0. The molecule has 0 spiro atoms. The van der Waals surface area contributed by atoms with Gasteiger partial charge in [-0.1, -0.05) is 0 Å². The molecule has 4 heteroatoms. The maximum Gasteiger partial charge on any atom is 0.344 e. The summed E-state index contributed by atoms with van der Waals surface area (Å²) >= 11 is 0. The van der Waals surface area contributed by atoms with E-state index in [9.17, 15) is 4.79 Å². The average Bonchev–Trinajstić information content (AvgIpc) is 2.36. The first kappa shape index (κ1) is 6.80. The molecule has 0 unspecified atom stereocenters.